The summed E-state index contributed by atoms with van der Waals surface area (Å²) in [4.78, 5) is 27.6. The van der Waals surface area contributed by atoms with Gasteiger partial charge in [-0.15, -0.1) is 0 Å². The van der Waals surface area contributed by atoms with E-state index in [2.05, 4.69) is 15.4 Å². The van der Waals surface area contributed by atoms with E-state index in [-0.39, 0.29) is 5.92 Å². The van der Waals surface area contributed by atoms with Crippen LogP contribution in [-0.4, -0.2) is 37.8 Å². The number of pyridine rings is 1. The van der Waals surface area contributed by atoms with Crippen LogP contribution < -0.4 is 5.32 Å². The first kappa shape index (κ1) is 15.7. The quantitative estimate of drug-likeness (QED) is 0.842. The maximum Gasteiger partial charge on any atom is 0.326 e. The van der Waals surface area contributed by atoms with E-state index in [1.54, 1.807) is 24.5 Å². The molecule has 7 nitrogen and oxygen atoms in total. The molecular formula is C15H18N4O3. The average molecular weight is 302 g/mol. The summed E-state index contributed by atoms with van der Waals surface area (Å²) in [6.45, 7) is 3.81. The normalized spacial score (nSPS) is 12.1. The van der Waals surface area contributed by atoms with Crippen molar-refractivity contribution in [3.63, 3.8) is 0 Å². The van der Waals surface area contributed by atoms with Gasteiger partial charge >= 0.3 is 5.97 Å². The summed E-state index contributed by atoms with van der Waals surface area (Å²) in [5, 5.41) is 15.8. The molecule has 7 heteroatoms. The highest BCUT2D eigenvalue weighted by Gasteiger charge is 2.22. The predicted octanol–water partition coefficient (Wildman–Crippen LogP) is 1.50. The second kappa shape index (κ2) is 6.84. The molecule has 0 fully saturated rings. The van der Waals surface area contributed by atoms with Crippen LogP contribution in [-0.2, 0) is 4.79 Å². The molecule has 0 aliphatic heterocycles. The van der Waals surface area contributed by atoms with Crippen LogP contribution in [0.1, 0.15) is 30.6 Å². The fraction of sp³-hybridized carbons (Fsp3) is 0.333. The van der Waals surface area contributed by atoms with Gasteiger partial charge in [0.2, 0.25) is 0 Å². The van der Waals surface area contributed by atoms with E-state index in [0.717, 1.165) is 0 Å². The molecule has 1 atom stereocenters. The summed E-state index contributed by atoms with van der Waals surface area (Å²) in [5.41, 5.74) is 0.343. The molecule has 0 aliphatic rings. The van der Waals surface area contributed by atoms with Crippen LogP contribution >= 0.6 is 0 Å². The van der Waals surface area contributed by atoms with Gasteiger partial charge < -0.3 is 10.4 Å². The van der Waals surface area contributed by atoms with Gasteiger partial charge in [0.1, 0.15) is 6.04 Å². The second-order valence-electron chi connectivity index (χ2n) is 5.35. The molecule has 0 radical (unpaired) electrons. The molecule has 2 aromatic rings. The van der Waals surface area contributed by atoms with Crippen LogP contribution in [0, 0.1) is 5.92 Å². The molecule has 0 bridgehead atoms. The first-order chi connectivity index (χ1) is 10.5. The Kier molecular flexibility index (Phi) is 4.88. The first-order valence-corrected chi connectivity index (χ1v) is 6.97. The van der Waals surface area contributed by atoms with Crippen LogP contribution in [0.4, 0.5) is 0 Å². The molecule has 0 spiro atoms. The summed E-state index contributed by atoms with van der Waals surface area (Å²) in [7, 11) is 0. The molecule has 0 saturated heterocycles. The molecule has 2 N–H and O–H groups in total. The lowest BCUT2D eigenvalue weighted by molar-refractivity contribution is -0.139. The standard InChI is InChI=1S/C15H18N4O3/c1-10(2)8-12(15(21)22)18-14(20)11-4-6-16-13(9-11)19-7-3-5-17-19/h3-7,9-10,12H,8H2,1-2H3,(H,18,20)(H,21,22)/t12-/m0/s1. The number of carboxylic acids is 1. The number of carbonyl (C=O) groups excluding carboxylic acids is 1. The van der Waals surface area contributed by atoms with Crippen molar-refractivity contribution in [3.05, 3.63) is 42.4 Å². The minimum atomic E-state index is -1.04. The number of rotatable bonds is 6. The monoisotopic (exact) mass is 302 g/mol. The number of aliphatic carboxylic acids is 1. The number of aromatic nitrogens is 3. The number of nitrogens with one attached hydrogen (secondary N) is 1. The Hall–Kier alpha value is -2.70. The van der Waals surface area contributed by atoms with Crippen molar-refractivity contribution >= 4 is 11.9 Å². The lowest BCUT2D eigenvalue weighted by Gasteiger charge is -2.16. The minimum absolute atomic E-state index is 0.165. The molecular weight excluding hydrogens is 284 g/mol. The largest absolute Gasteiger partial charge is 0.480 e. The number of hydrogen-bond donors (Lipinski definition) is 2. The summed E-state index contributed by atoms with van der Waals surface area (Å²) in [5.74, 6) is -0.820. The molecule has 0 saturated carbocycles. The molecule has 0 unspecified atom stereocenters. The van der Waals surface area contributed by atoms with Gasteiger partial charge in [-0.3, -0.25) is 4.79 Å². The Morgan fingerprint density at radius 1 is 1.36 bits per heavy atom. The Labute approximate surface area is 128 Å². The van der Waals surface area contributed by atoms with Crippen molar-refractivity contribution in [3.8, 4) is 5.82 Å². The van der Waals surface area contributed by atoms with Gasteiger partial charge in [-0.2, -0.15) is 5.10 Å². The number of amides is 1. The SMILES string of the molecule is CC(C)C[C@H](NC(=O)c1ccnc(-n2cccn2)c1)C(=O)O. The highest BCUT2D eigenvalue weighted by atomic mass is 16.4. The van der Waals surface area contributed by atoms with Gasteiger partial charge in [0.15, 0.2) is 5.82 Å². The third kappa shape index (κ3) is 3.91. The summed E-state index contributed by atoms with van der Waals surface area (Å²) >= 11 is 0. The van der Waals surface area contributed by atoms with E-state index in [4.69, 9.17) is 0 Å². The van der Waals surface area contributed by atoms with E-state index in [0.29, 0.717) is 17.8 Å². The van der Waals surface area contributed by atoms with Crippen LogP contribution in [0.3, 0.4) is 0 Å². The van der Waals surface area contributed by atoms with E-state index >= 15 is 0 Å². The second-order valence-corrected chi connectivity index (χ2v) is 5.35. The molecule has 0 aromatic carbocycles. The summed E-state index contributed by atoms with van der Waals surface area (Å²) < 4.78 is 1.53. The zero-order chi connectivity index (χ0) is 16.1. The predicted molar refractivity (Wildman–Crippen MR) is 79.7 cm³/mol. The van der Waals surface area contributed by atoms with Crippen molar-refractivity contribution < 1.29 is 14.7 Å². The molecule has 22 heavy (non-hydrogen) atoms. The van der Waals surface area contributed by atoms with Gasteiger partial charge in [0.25, 0.3) is 5.91 Å². The topological polar surface area (TPSA) is 97.1 Å². The summed E-state index contributed by atoms with van der Waals surface area (Å²) in [6, 6.07) is 3.94. The Morgan fingerprint density at radius 3 is 2.73 bits per heavy atom. The number of carbonyl (C=O) groups is 2. The maximum atomic E-state index is 12.2. The average Bonchev–Trinajstić information content (AvgIpc) is 3.00. The van der Waals surface area contributed by atoms with E-state index in [9.17, 15) is 14.7 Å². The Bertz CT molecular complexity index is 653. The van der Waals surface area contributed by atoms with E-state index in [1.165, 1.54) is 16.9 Å². The van der Waals surface area contributed by atoms with Gasteiger partial charge in [-0.1, -0.05) is 13.8 Å². The molecule has 0 aliphatic carbocycles. The van der Waals surface area contributed by atoms with Crippen LogP contribution in [0.25, 0.3) is 5.82 Å². The fourth-order valence-corrected chi connectivity index (χ4v) is 2.02. The van der Waals surface area contributed by atoms with Gasteiger partial charge in [0.05, 0.1) is 0 Å². The summed E-state index contributed by atoms with van der Waals surface area (Å²) in [6.07, 6.45) is 5.18. The van der Waals surface area contributed by atoms with E-state index < -0.39 is 17.9 Å². The van der Waals surface area contributed by atoms with Crippen LogP contribution in [0.5, 0.6) is 0 Å². The maximum absolute atomic E-state index is 12.2. The van der Waals surface area contributed by atoms with Crippen molar-refractivity contribution in [1.29, 1.82) is 0 Å². The zero-order valence-corrected chi connectivity index (χ0v) is 12.4. The van der Waals surface area contributed by atoms with Crippen molar-refractivity contribution in [2.45, 2.75) is 26.3 Å². The van der Waals surface area contributed by atoms with Gasteiger partial charge in [-0.25, -0.2) is 14.5 Å². The molecule has 2 heterocycles. The fourth-order valence-electron chi connectivity index (χ4n) is 2.02. The minimum Gasteiger partial charge on any atom is -0.480 e. The third-order valence-corrected chi connectivity index (χ3v) is 3.06. The lowest BCUT2D eigenvalue weighted by atomic mass is 10.0. The third-order valence-electron chi connectivity index (χ3n) is 3.06. The first-order valence-electron chi connectivity index (χ1n) is 6.97. The molecule has 1 amide bonds. The number of hydrogen-bond acceptors (Lipinski definition) is 4. The number of nitrogens with zero attached hydrogens (tertiary/aromatic N) is 3. The molecule has 116 valence electrons. The van der Waals surface area contributed by atoms with Crippen LogP contribution in [0.2, 0.25) is 0 Å². The Morgan fingerprint density at radius 2 is 2.14 bits per heavy atom. The number of carboxylic acid groups (broad SMARTS) is 1. The van der Waals surface area contributed by atoms with Crippen LogP contribution in [0.15, 0.2) is 36.8 Å². The molecule has 2 aromatic heterocycles. The van der Waals surface area contributed by atoms with Crippen molar-refractivity contribution in [2.75, 3.05) is 0 Å². The van der Waals surface area contributed by atoms with E-state index in [1.807, 2.05) is 13.8 Å². The molecule has 2 rings (SSSR count). The van der Waals surface area contributed by atoms with Crippen molar-refractivity contribution in [1.82, 2.24) is 20.1 Å². The van der Waals surface area contributed by atoms with Gasteiger partial charge in [0, 0.05) is 24.2 Å². The Balaban J connectivity index is 2.15. The smallest absolute Gasteiger partial charge is 0.326 e. The van der Waals surface area contributed by atoms with Gasteiger partial charge in [-0.05, 0) is 30.5 Å². The lowest BCUT2D eigenvalue weighted by Crippen LogP contribution is -2.41. The highest BCUT2D eigenvalue weighted by Crippen LogP contribution is 2.09. The van der Waals surface area contributed by atoms with Crippen molar-refractivity contribution in [2.24, 2.45) is 5.92 Å². The highest BCUT2D eigenvalue weighted by molar-refractivity contribution is 5.96. The zero-order valence-electron chi connectivity index (χ0n) is 12.4.